The summed E-state index contributed by atoms with van der Waals surface area (Å²) in [4.78, 5) is 15.9. The minimum Gasteiger partial charge on any atom is -0.326 e. The van der Waals surface area contributed by atoms with Crippen LogP contribution in [0.15, 0.2) is 42.5 Å². The van der Waals surface area contributed by atoms with Crippen LogP contribution in [0.4, 0.5) is 10.1 Å². The van der Waals surface area contributed by atoms with Gasteiger partial charge in [-0.3, -0.25) is 4.79 Å². The molecule has 7 atom stereocenters. The van der Waals surface area contributed by atoms with Crippen molar-refractivity contribution < 1.29 is 17.6 Å². The molecule has 0 radical (unpaired) electrons. The number of anilines is 1. The van der Waals surface area contributed by atoms with Gasteiger partial charge >= 0.3 is 0 Å². The van der Waals surface area contributed by atoms with Crippen molar-refractivity contribution in [3.63, 3.8) is 0 Å². The summed E-state index contributed by atoms with van der Waals surface area (Å²) in [7, 11) is -3.19. The number of hydrogen-bond donors (Lipinski definition) is 2. The van der Waals surface area contributed by atoms with Crippen molar-refractivity contribution in [1.29, 1.82) is 5.26 Å². The van der Waals surface area contributed by atoms with E-state index in [9.17, 15) is 22.9 Å². The highest BCUT2D eigenvalue weighted by Crippen LogP contribution is 2.68. The number of likely N-dealkylation sites (tertiary alicyclic amines) is 1. The molecule has 1 heterocycles. The number of nitrogens with zero attached hydrogens (tertiary/aromatic N) is 2. The Labute approximate surface area is 259 Å². The fourth-order valence-corrected chi connectivity index (χ4v) is 9.38. The van der Waals surface area contributed by atoms with Crippen LogP contribution in [-0.2, 0) is 20.2 Å². The summed E-state index contributed by atoms with van der Waals surface area (Å²) in [5, 5.41) is 12.4. The molecule has 4 fully saturated rings. The monoisotopic (exact) mass is 626 g/mol. The standard InChI is InChI=1S/C33H40ClFN4O3S/c1-43(41,42)38-26-11-14-39(20-26)13-3-2-7-27-30(31(27)32(40)37-25-8-9-29(35)28(34)17-25)22-10-12-33(18-24(33)16-22)23-6-4-5-21(15-23)19-36/h4-6,8-9,15,17,22,24,26-27,30-31,38H,2-3,7,10-14,16,18,20H2,1H3,(H,37,40)/t22-,24?,26?,27?,30?,31?,33-/m1/s1. The van der Waals surface area contributed by atoms with E-state index in [-0.39, 0.29) is 28.3 Å². The maximum Gasteiger partial charge on any atom is 0.228 e. The number of nitriles is 1. The summed E-state index contributed by atoms with van der Waals surface area (Å²) in [5.74, 6) is 1.21. The van der Waals surface area contributed by atoms with E-state index in [0.717, 1.165) is 76.6 Å². The predicted octanol–water partition coefficient (Wildman–Crippen LogP) is 5.70. The number of nitrogens with one attached hydrogen (secondary N) is 2. The molecule has 3 aliphatic carbocycles. The van der Waals surface area contributed by atoms with Crippen LogP contribution < -0.4 is 10.0 Å². The molecule has 10 heteroatoms. The van der Waals surface area contributed by atoms with E-state index in [0.29, 0.717) is 29.4 Å². The molecule has 6 rings (SSSR count). The second kappa shape index (κ2) is 12.1. The van der Waals surface area contributed by atoms with Gasteiger partial charge in [-0.1, -0.05) is 30.2 Å². The first-order chi connectivity index (χ1) is 20.6. The minimum atomic E-state index is -3.19. The number of carbonyl (C=O) groups excluding carboxylic acids is 1. The molecule has 43 heavy (non-hydrogen) atoms. The van der Waals surface area contributed by atoms with Crippen LogP contribution in [0.3, 0.4) is 0 Å². The number of halogens is 2. The van der Waals surface area contributed by atoms with Crippen molar-refractivity contribution in [1.82, 2.24) is 9.62 Å². The quantitative estimate of drug-likeness (QED) is 0.312. The smallest absolute Gasteiger partial charge is 0.228 e. The second-order valence-corrected chi connectivity index (χ2v) is 15.5. The molecule has 1 amide bonds. The Bertz CT molecular complexity index is 1530. The molecule has 0 bridgehead atoms. The molecule has 1 saturated heterocycles. The van der Waals surface area contributed by atoms with Gasteiger partial charge < -0.3 is 10.2 Å². The van der Waals surface area contributed by atoms with Gasteiger partial charge in [-0.2, -0.15) is 5.26 Å². The first-order valence-corrected chi connectivity index (χ1v) is 17.8. The highest BCUT2D eigenvalue weighted by atomic mass is 35.5. The second-order valence-electron chi connectivity index (χ2n) is 13.3. The fourth-order valence-electron chi connectivity index (χ4n) is 8.40. The van der Waals surface area contributed by atoms with Gasteiger partial charge in [0.15, 0.2) is 0 Å². The molecule has 1 aliphatic heterocycles. The van der Waals surface area contributed by atoms with E-state index >= 15 is 0 Å². The van der Waals surface area contributed by atoms with Crippen molar-refractivity contribution in [2.45, 2.75) is 62.8 Å². The zero-order valence-electron chi connectivity index (χ0n) is 24.6. The number of hydrogen-bond acceptors (Lipinski definition) is 5. The third-order valence-electron chi connectivity index (χ3n) is 10.5. The van der Waals surface area contributed by atoms with Crippen molar-refractivity contribution >= 4 is 33.2 Å². The average Bonchev–Trinajstić information content (AvgIpc) is 3.84. The molecule has 2 aromatic carbocycles. The fraction of sp³-hybridized carbons (Fsp3) is 0.576. The Morgan fingerprint density at radius 2 is 2.05 bits per heavy atom. The molecule has 2 N–H and O–H groups in total. The zero-order valence-corrected chi connectivity index (χ0v) is 26.1. The van der Waals surface area contributed by atoms with Crippen LogP contribution in [0.5, 0.6) is 0 Å². The molecule has 2 aromatic rings. The molecule has 4 aliphatic rings. The van der Waals surface area contributed by atoms with Gasteiger partial charge in [0.25, 0.3) is 0 Å². The number of sulfonamides is 1. The molecular formula is C33H40ClFN4O3S. The Morgan fingerprint density at radius 1 is 1.21 bits per heavy atom. The third kappa shape index (κ3) is 6.78. The molecule has 0 spiro atoms. The van der Waals surface area contributed by atoms with Gasteiger partial charge in [0, 0.05) is 24.2 Å². The lowest BCUT2D eigenvalue weighted by molar-refractivity contribution is -0.118. The molecular weight excluding hydrogens is 587 g/mol. The number of benzene rings is 2. The van der Waals surface area contributed by atoms with Crippen LogP contribution >= 0.6 is 11.6 Å². The Balaban J connectivity index is 1.07. The lowest BCUT2D eigenvalue weighted by atomic mass is 9.75. The predicted molar refractivity (Wildman–Crippen MR) is 165 cm³/mol. The number of rotatable bonds is 11. The number of amides is 1. The summed E-state index contributed by atoms with van der Waals surface area (Å²) >= 11 is 5.97. The lowest BCUT2D eigenvalue weighted by Gasteiger charge is -2.29. The van der Waals surface area contributed by atoms with Gasteiger partial charge in [0.2, 0.25) is 15.9 Å². The maximum atomic E-state index is 13.7. The number of fused-ring (bicyclic) bond motifs is 1. The summed E-state index contributed by atoms with van der Waals surface area (Å²) in [6.07, 6.45) is 9.53. The van der Waals surface area contributed by atoms with Gasteiger partial charge in [0.05, 0.1) is 22.9 Å². The normalized spacial score (nSPS) is 31.7. The topological polar surface area (TPSA) is 102 Å². The molecule has 0 aromatic heterocycles. The summed E-state index contributed by atoms with van der Waals surface area (Å²) in [6.45, 7) is 2.57. The SMILES string of the molecule is CS(=O)(=O)NC1CCN(CCCCC2C(C(=O)Nc3ccc(F)c(Cl)c3)C2[C@@H]2CC[C@]3(c4cccc(C#N)c4)CC3C2)C1. The van der Waals surface area contributed by atoms with Gasteiger partial charge in [-0.25, -0.2) is 17.5 Å². The first kappa shape index (κ1) is 30.5. The highest BCUT2D eigenvalue weighted by Gasteiger charge is 2.63. The maximum absolute atomic E-state index is 13.7. The van der Waals surface area contributed by atoms with Crippen LogP contribution in [-0.4, -0.2) is 51.2 Å². The van der Waals surface area contributed by atoms with E-state index in [1.807, 2.05) is 12.1 Å². The van der Waals surface area contributed by atoms with Crippen LogP contribution in [0, 0.1) is 46.7 Å². The van der Waals surface area contributed by atoms with Crippen LogP contribution in [0.1, 0.15) is 62.5 Å². The van der Waals surface area contributed by atoms with Crippen molar-refractivity contribution in [3.8, 4) is 6.07 Å². The van der Waals surface area contributed by atoms with E-state index in [2.05, 4.69) is 33.1 Å². The Kier molecular flexibility index (Phi) is 8.60. The van der Waals surface area contributed by atoms with Gasteiger partial charge in [-0.05, 0) is 123 Å². The van der Waals surface area contributed by atoms with Crippen molar-refractivity contribution in [2.75, 3.05) is 31.2 Å². The number of carbonyl (C=O) groups is 1. The van der Waals surface area contributed by atoms with Gasteiger partial charge in [0.1, 0.15) is 5.82 Å². The van der Waals surface area contributed by atoms with Gasteiger partial charge in [-0.15, -0.1) is 0 Å². The average molecular weight is 627 g/mol. The summed E-state index contributed by atoms with van der Waals surface area (Å²) in [6, 6.07) is 14.7. The molecule has 7 nitrogen and oxygen atoms in total. The Morgan fingerprint density at radius 3 is 2.79 bits per heavy atom. The highest BCUT2D eigenvalue weighted by molar-refractivity contribution is 7.88. The summed E-state index contributed by atoms with van der Waals surface area (Å²) in [5.41, 5.74) is 2.72. The minimum absolute atomic E-state index is 0.00117. The largest absolute Gasteiger partial charge is 0.326 e. The van der Waals surface area contributed by atoms with E-state index < -0.39 is 15.8 Å². The third-order valence-corrected chi connectivity index (χ3v) is 11.6. The Hall–Kier alpha value is -2.51. The molecule has 5 unspecified atom stereocenters. The van der Waals surface area contributed by atoms with E-state index in [1.165, 1.54) is 24.0 Å². The summed E-state index contributed by atoms with van der Waals surface area (Å²) < 4.78 is 39.6. The number of unbranched alkanes of at least 4 members (excludes halogenated alkanes) is 1. The lowest BCUT2D eigenvalue weighted by Crippen LogP contribution is -2.36. The van der Waals surface area contributed by atoms with E-state index in [1.54, 1.807) is 6.07 Å². The first-order valence-electron chi connectivity index (χ1n) is 15.5. The van der Waals surface area contributed by atoms with E-state index in [4.69, 9.17) is 11.6 Å². The van der Waals surface area contributed by atoms with Crippen LogP contribution in [0.25, 0.3) is 0 Å². The van der Waals surface area contributed by atoms with Crippen LogP contribution in [0.2, 0.25) is 5.02 Å². The van der Waals surface area contributed by atoms with Crippen molar-refractivity contribution in [3.05, 3.63) is 64.4 Å². The molecule has 230 valence electrons. The zero-order chi connectivity index (χ0) is 30.4. The van der Waals surface area contributed by atoms with Crippen molar-refractivity contribution in [2.24, 2.45) is 29.6 Å². The molecule has 3 saturated carbocycles.